The highest BCUT2D eigenvalue weighted by Gasteiger charge is 2.17. The maximum atomic E-state index is 12.1. The van der Waals surface area contributed by atoms with Gasteiger partial charge in [0.15, 0.2) is 0 Å². The number of benzene rings is 1. The third kappa shape index (κ3) is 3.80. The van der Waals surface area contributed by atoms with Crippen LogP contribution in [0.15, 0.2) is 29.3 Å². The fraction of sp³-hybridized carbons (Fsp3) is 0.389. The van der Waals surface area contributed by atoms with Crippen molar-refractivity contribution in [3.8, 4) is 11.8 Å². The number of ether oxygens (including phenoxy) is 1. The van der Waals surface area contributed by atoms with Crippen molar-refractivity contribution in [2.24, 2.45) is 0 Å². The molecule has 0 radical (unpaired) electrons. The number of amides is 1. The van der Waals surface area contributed by atoms with Crippen LogP contribution in [0.5, 0.6) is 5.75 Å². The number of nitrogens with zero attached hydrogens (tertiary/aromatic N) is 2. The number of hydrogen-bond acceptors (Lipinski definition) is 5. The van der Waals surface area contributed by atoms with Crippen molar-refractivity contribution in [1.82, 2.24) is 10.3 Å². The Hall–Kier alpha value is -2.26. The molecule has 0 aliphatic heterocycles. The van der Waals surface area contributed by atoms with E-state index in [1.54, 1.807) is 13.2 Å². The van der Waals surface area contributed by atoms with Crippen LogP contribution in [-0.4, -0.2) is 29.8 Å². The highest BCUT2D eigenvalue weighted by molar-refractivity contribution is 8.00. The Morgan fingerprint density at radius 2 is 2.21 bits per heavy atom. The van der Waals surface area contributed by atoms with E-state index in [1.165, 1.54) is 24.6 Å². The molecule has 0 unspecified atom stereocenters. The monoisotopic (exact) mass is 341 g/mol. The van der Waals surface area contributed by atoms with Crippen molar-refractivity contribution in [2.75, 3.05) is 12.9 Å². The molecule has 6 heteroatoms. The maximum Gasteiger partial charge on any atom is 0.230 e. The molecular formula is C18H19N3O2S. The second kappa shape index (κ2) is 7.54. The minimum absolute atomic E-state index is 0.00687. The van der Waals surface area contributed by atoms with E-state index in [-0.39, 0.29) is 11.7 Å². The standard InChI is InChI=1S/C18H19N3O2S/c1-23-15-6-7-16-12(9-15)8-13(10-19)18(21-16)24-11-17(22)20-14-4-2-3-5-14/h6-9,14H,2-5,11H2,1H3,(H,20,22). The van der Waals surface area contributed by atoms with E-state index >= 15 is 0 Å². The molecule has 1 N–H and O–H groups in total. The Labute approximate surface area is 145 Å². The summed E-state index contributed by atoms with van der Waals surface area (Å²) in [5.74, 6) is 1.01. The molecule has 1 heterocycles. The predicted molar refractivity (Wildman–Crippen MR) is 94.1 cm³/mol. The maximum absolute atomic E-state index is 12.1. The van der Waals surface area contributed by atoms with Crippen LogP contribution in [0.1, 0.15) is 31.2 Å². The van der Waals surface area contributed by atoms with Crippen molar-refractivity contribution < 1.29 is 9.53 Å². The van der Waals surface area contributed by atoms with Crippen molar-refractivity contribution >= 4 is 28.6 Å². The van der Waals surface area contributed by atoms with Crippen LogP contribution in [0.25, 0.3) is 10.9 Å². The molecule has 0 bridgehead atoms. The number of fused-ring (bicyclic) bond motifs is 1. The quantitative estimate of drug-likeness (QED) is 0.845. The van der Waals surface area contributed by atoms with E-state index in [9.17, 15) is 10.1 Å². The first kappa shape index (κ1) is 16.6. The number of thioether (sulfide) groups is 1. The third-order valence-corrected chi connectivity index (χ3v) is 5.16. The number of nitriles is 1. The van der Waals surface area contributed by atoms with Crippen LogP contribution in [-0.2, 0) is 4.79 Å². The van der Waals surface area contributed by atoms with Crippen LogP contribution in [0.3, 0.4) is 0 Å². The minimum atomic E-state index is 0.00687. The van der Waals surface area contributed by atoms with Crippen LogP contribution in [0.4, 0.5) is 0 Å². The second-order valence-electron chi connectivity index (χ2n) is 5.85. The zero-order chi connectivity index (χ0) is 16.9. The highest BCUT2D eigenvalue weighted by Crippen LogP contribution is 2.27. The van der Waals surface area contributed by atoms with E-state index in [1.807, 2.05) is 18.2 Å². The first-order valence-corrected chi connectivity index (χ1v) is 8.99. The van der Waals surface area contributed by atoms with E-state index in [2.05, 4.69) is 16.4 Å². The largest absolute Gasteiger partial charge is 0.497 e. The number of rotatable bonds is 5. The topological polar surface area (TPSA) is 75.0 Å². The summed E-state index contributed by atoms with van der Waals surface area (Å²) in [6.07, 6.45) is 4.50. The summed E-state index contributed by atoms with van der Waals surface area (Å²) in [6.45, 7) is 0. The van der Waals surface area contributed by atoms with Crippen molar-refractivity contribution in [1.29, 1.82) is 5.26 Å². The van der Waals surface area contributed by atoms with Crippen LogP contribution in [0, 0.1) is 11.3 Å². The van der Waals surface area contributed by atoms with Gasteiger partial charge in [-0.1, -0.05) is 24.6 Å². The molecule has 0 spiro atoms. The summed E-state index contributed by atoms with van der Waals surface area (Å²) in [6, 6.07) is 9.82. The summed E-state index contributed by atoms with van der Waals surface area (Å²) >= 11 is 1.31. The zero-order valence-electron chi connectivity index (χ0n) is 13.5. The van der Waals surface area contributed by atoms with Gasteiger partial charge >= 0.3 is 0 Å². The van der Waals surface area contributed by atoms with Gasteiger partial charge in [-0.2, -0.15) is 5.26 Å². The number of hydrogen-bond donors (Lipinski definition) is 1. The second-order valence-corrected chi connectivity index (χ2v) is 6.81. The smallest absolute Gasteiger partial charge is 0.230 e. The molecule has 1 aromatic heterocycles. The van der Waals surface area contributed by atoms with Crippen LogP contribution < -0.4 is 10.1 Å². The van der Waals surface area contributed by atoms with Gasteiger partial charge in [0.05, 0.1) is 23.9 Å². The molecule has 1 amide bonds. The van der Waals surface area contributed by atoms with Crippen molar-refractivity contribution in [3.05, 3.63) is 29.8 Å². The van der Waals surface area contributed by atoms with Gasteiger partial charge in [-0.25, -0.2) is 4.98 Å². The van der Waals surface area contributed by atoms with Gasteiger partial charge in [0.25, 0.3) is 0 Å². The zero-order valence-corrected chi connectivity index (χ0v) is 14.4. The SMILES string of the molecule is COc1ccc2nc(SCC(=O)NC3CCCC3)c(C#N)cc2c1. The van der Waals surface area contributed by atoms with Gasteiger partial charge in [-0.05, 0) is 37.1 Å². The van der Waals surface area contributed by atoms with Gasteiger partial charge in [-0.15, -0.1) is 0 Å². The number of aromatic nitrogens is 1. The molecule has 5 nitrogen and oxygen atoms in total. The fourth-order valence-electron chi connectivity index (χ4n) is 2.93. The Kier molecular flexibility index (Phi) is 5.21. The Balaban J connectivity index is 1.73. The molecule has 1 aliphatic carbocycles. The minimum Gasteiger partial charge on any atom is -0.497 e. The molecule has 3 rings (SSSR count). The highest BCUT2D eigenvalue weighted by atomic mass is 32.2. The molecule has 2 aromatic rings. The molecule has 1 aliphatic rings. The lowest BCUT2D eigenvalue weighted by Gasteiger charge is -2.12. The molecule has 24 heavy (non-hydrogen) atoms. The lowest BCUT2D eigenvalue weighted by Crippen LogP contribution is -2.33. The number of methoxy groups -OCH3 is 1. The number of carbonyl (C=O) groups is 1. The van der Waals surface area contributed by atoms with Crippen LogP contribution >= 0.6 is 11.8 Å². The predicted octanol–water partition coefficient (Wildman–Crippen LogP) is 3.27. The van der Waals surface area contributed by atoms with Crippen molar-refractivity contribution in [3.63, 3.8) is 0 Å². The number of pyridine rings is 1. The summed E-state index contributed by atoms with van der Waals surface area (Å²) in [4.78, 5) is 16.6. The molecule has 0 saturated heterocycles. The molecule has 1 saturated carbocycles. The molecule has 1 fully saturated rings. The lowest BCUT2D eigenvalue weighted by atomic mass is 10.1. The summed E-state index contributed by atoms with van der Waals surface area (Å²) in [7, 11) is 1.60. The summed E-state index contributed by atoms with van der Waals surface area (Å²) in [5, 5.41) is 13.9. The van der Waals surface area contributed by atoms with Gasteiger partial charge in [0.1, 0.15) is 16.8 Å². The summed E-state index contributed by atoms with van der Waals surface area (Å²) < 4.78 is 5.20. The first-order chi connectivity index (χ1) is 11.7. The fourth-order valence-corrected chi connectivity index (χ4v) is 3.70. The van der Waals surface area contributed by atoms with E-state index < -0.39 is 0 Å². The average Bonchev–Trinajstić information content (AvgIpc) is 3.11. The Bertz CT molecular complexity index is 795. The van der Waals surface area contributed by atoms with Crippen LogP contribution in [0.2, 0.25) is 0 Å². The Morgan fingerprint density at radius 3 is 2.92 bits per heavy atom. The normalized spacial score (nSPS) is 14.5. The van der Waals surface area contributed by atoms with E-state index in [0.29, 0.717) is 16.6 Å². The molecule has 1 aromatic carbocycles. The Morgan fingerprint density at radius 1 is 1.42 bits per heavy atom. The third-order valence-electron chi connectivity index (χ3n) is 4.17. The first-order valence-electron chi connectivity index (χ1n) is 8.00. The van der Waals surface area contributed by atoms with Gasteiger partial charge < -0.3 is 10.1 Å². The van der Waals surface area contributed by atoms with Gasteiger partial charge in [0, 0.05) is 11.4 Å². The summed E-state index contributed by atoms with van der Waals surface area (Å²) in [5.41, 5.74) is 1.27. The number of carbonyl (C=O) groups excluding carboxylic acids is 1. The van der Waals surface area contributed by atoms with Crippen molar-refractivity contribution in [2.45, 2.75) is 36.8 Å². The van der Waals surface area contributed by atoms with E-state index in [4.69, 9.17) is 4.74 Å². The molecular weight excluding hydrogens is 322 g/mol. The molecule has 124 valence electrons. The average molecular weight is 341 g/mol. The number of nitrogens with one attached hydrogen (secondary N) is 1. The lowest BCUT2D eigenvalue weighted by molar-refractivity contribution is -0.119. The van der Waals surface area contributed by atoms with Gasteiger partial charge in [-0.3, -0.25) is 4.79 Å². The van der Waals surface area contributed by atoms with Gasteiger partial charge in [0.2, 0.25) is 5.91 Å². The molecule has 0 atom stereocenters. The van der Waals surface area contributed by atoms with E-state index in [0.717, 1.165) is 29.5 Å².